The van der Waals surface area contributed by atoms with E-state index in [0.717, 1.165) is 51.1 Å². The molecule has 2 aliphatic heterocycles. The van der Waals surface area contributed by atoms with E-state index >= 15 is 0 Å². The van der Waals surface area contributed by atoms with E-state index in [-0.39, 0.29) is 11.8 Å². The van der Waals surface area contributed by atoms with Gasteiger partial charge in [-0.3, -0.25) is 9.58 Å². The van der Waals surface area contributed by atoms with Crippen molar-refractivity contribution in [1.82, 2.24) is 14.7 Å². The third-order valence-corrected chi connectivity index (χ3v) is 5.30. The molecule has 8 heteroatoms. The summed E-state index contributed by atoms with van der Waals surface area (Å²) >= 11 is 0. The van der Waals surface area contributed by atoms with Crippen LogP contribution in [-0.4, -0.2) is 53.4 Å². The summed E-state index contributed by atoms with van der Waals surface area (Å²) in [6.45, 7) is 3.67. The monoisotopic (exact) mass is 369 g/mol. The van der Waals surface area contributed by atoms with Gasteiger partial charge >= 0.3 is 6.36 Å². The molecule has 0 N–H and O–H groups in total. The van der Waals surface area contributed by atoms with E-state index in [1.165, 1.54) is 18.6 Å². The summed E-state index contributed by atoms with van der Waals surface area (Å²) in [5, 5.41) is 5.09. The average Bonchev–Trinajstić information content (AvgIpc) is 3.04. The number of benzene rings is 1. The number of alkyl halides is 3. The van der Waals surface area contributed by atoms with Crippen molar-refractivity contribution in [2.45, 2.75) is 44.1 Å². The quantitative estimate of drug-likeness (QED) is 0.826. The molecule has 1 aromatic carbocycles. The van der Waals surface area contributed by atoms with Crippen molar-refractivity contribution in [1.29, 1.82) is 0 Å². The Morgan fingerprint density at radius 2 is 1.92 bits per heavy atom. The summed E-state index contributed by atoms with van der Waals surface area (Å²) in [6.07, 6.45) is 1.20. The van der Waals surface area contributed by atoms with E-state index in [2.05, 4.69) is 14.7 Å². The molecule has 5 nitrogen and oxygen atoms in total. The zero-order valence-electron chi connectivity index (χ0n) is 14.4. The van der Waals surface area contributed by atoms with Crippen LogP contribution in [0.1, 0.15) is 31.7 Å². The summed E-state index contributed by atoms with van der Waals surface area (Å²) in [7, 11) is 0. The molecule has 142 valence electrons. The Morgan fingerprint density at radius 3 is 2.62 bits per heavy atom. The first-order valence-corrected chi connectivity index (χ1v) is 9.04. The standard InChI is InChI=1S/C18H22F3N3O2/c19-18(20,21)26-16-3-4-17-13(10-16)11-22-24(17)14-5-7-23(8-6-14)15-2-1-9-25-12-15/h3-4,10-11,14-15H,1-2,5-9,12H2. The maximum Gasteiger partial charge on any atom is 0.573 e. The Balaban J connectivity index is 1.44. The number of ether oxygens (including phenoxy) is 2. The molecule has 0 bridgehead atoms. The molecule has 2 fully saturated rings. The van der Waals surface area contributed by atoms with Crippen LogP contribution >= 0.6 is 0 Å². The van der Waals surface area contributed by atoms with Crippen molar-refractivity contribution < 1.29 is 22.6 Å². The highest BCUT2D eigenvalue weighted by atomic mass is 19.4. The van der Waals surface area contributed by atoms with Crippen LogP contribution in [0.25, 0.3) is 10.9 Å². The minimum atomic E-state index is -4.68. The summed E-state index contributed by atoms with van der Waals surface area (Å²) in [6, 6.07) is 5.18. The third-order valence-electron chi connectivity index (χ3n) is 5.30. The highest BCUT2D eigenvalue weighted by Crippen LogP contribution is 2.31. The molecular weight excluding hydrogens is 347 g/mol. The van der Waals surface area contributed by atoms with Gasteiger partial charge in [0.25, 0.3) is 0 Å². The lowest BCUT2D eigenvalue weighted by molar-refractivity contribution is -0.274. The number of aromatic nitrogens is 2. The van der Waals surface area contributed by atoms with E-state index < -0.39 is 6.36 Å². The van der Waals surface area contributed by atoms with E-state index in [0.29, 0.717) is 11.4 Å². The predicted molar refractivity (Wildman–Crippen MR) is 90.1 cm³/mol. The Morgan fingerprint density at radius 1 is 1.12 bits per heavy atom. The zero-order chi connectivity index (χ0) is 18.1. The van der Waals surface area contributed by atoms with Crippen molar-refractivity contribution in [3.63, 3.8) is 0 Å². The molecule has 1 unspecified atom stereocenters. The van der Waals surface area contributed by atoms with Crippen molar-refractivity contribution in [2.24, 2.45) is 0 Å². The van der Waals surface area contributed by atoms with Crippen LogP contribution in [0.5, 0.6) is 5.75 Å². The topological polar surface area (TPSA) is 39.5 Å². The molecule has 0 spiro atoms. The highest BCUT2D eigenvalue weighted by molar-refractivity contribution is 5.80. The molecule has 2 aromatic rings. The number of likely N-dealkylation sites (tertiary alicyclic amines) is 1. The van der Waals surface area contributed by atoms with Crippen LogP contribution in [0.15, 0.2) is 24.4 Å². The van der Waals surface area contributed by atoms with Crippen LogP contribution in [-0.2, 0) is 4.74 Å². The molecule has 2 saturated heterocycles. The lowest BCUT2D eigenvalue weighted by Gasteiger charge is -2.39. The Bertz CT molecular complexity index is 748. The van der Waals surface area contributed by atoms with Gasteiger partial charge in [0, 0.05) is 31.1 Å². The van der Waals surface area contributed by atoms with E-state index in [1.54, 1.807) is 12.3 Å². The first-order chi connectivity index (χ1) is 12.5. The molecule has 1 atom stereocenters. The maximum atomic E-state index is 12.4. The van der Waals surface area contributed by atoms with Crippen LogP contribution in [0, 0.1) is 0 Å². The SMILES string of the molecule is FC(F)(F)Oc1ccc2c(cnn2C2CCN(C3CCCOC3)CC2)c1. The normalized spacial score (nSPS) is 23.4. The Hall–Kier alpha value is -1.80. The van der Waals surface area contributed by atoms with Crippen LogP contribution < -0.4 is 4.74 Å². The number of halogens is 3. The maximum absolute atomic E-state index is 12.4. The predicted octanol–water partition coefficient (Wildman–Crippen LogP) is 3.75. The minimum absolute atomic E-state index is 0.211. The lowest BCUT2D eigenvalue weighted by atomic mass is 10.0. The fraction of sp³-hybridized carbons (Fsp3) is 0.611. The van der Waals surface area contributed by atoms with E-state index in [9.17, 15) is 13.2 Å². The van der Waals surface area contributed by atoms with Crippen molar-refractivity contribution in [3.8, 4) is 5.75 Å². The largest absolute Gasteiger partial charge is 0.573 e. The number of hydrogen-bond acceptors (Lipinski definition) is 4. The van der Waals surface area contributed by atoms with E-state index in [4.69, 9.17) is 4.74 Å². The van der Waals surface area contributed by atoms with Gasteiger partial charge in [-0.25, -0.2) is 0 Å². The smallest absolute Gasteiger partial charge is 0.406 e. The summed E-state index contributed by atoms with van der Waals surface area (Å²) in [5.74, 6) is -0.211. The number of hydrogen-bond donors (Lipinski definition) is 0. The average molecular weight is 369 g/mol. The molecule has 1 aromatic heterocycles. The second-order valence-corrected chi connectivity index (χ2v) is 7.00. The fourth-order valence-corrected chi connectivity index (χ4v) is 4.03. The summed E-state index contributed by atoms with van der Waals surface area (Å²) < 4.78 is 48.6. The second kappa shape index (κ2) is 7.08. The molecule has 0 radical (unpaired) electrons. The molecule has 4 rings (SSSR count). The van der Waals surface area contributed by atoms with Gasteiger partial charge < -0.3 is 9.47 Å². The van der Waals surface area contributed by atoms with Crippen LogP contribution in [0.3, 0.4) is 0 Å². The lowest BCUT2D eigenvalue weighted by Crippen LogP contribution is -2.45. The van der Waals surface area contributed by atoms with E-state index in [1.807, 2.05) is 4.68 Å². The van der Waals surface area contributed by atoms with Gasteiger partial charge in [0.1, 0.15) is 5.75 Å². The molecule has 3 heterocycles. The fourth-order valence-electron chi connectivity index (χ4n) is 4.03. The third kappa shape index (κ3) is 3.81. The Labute approximate surface area is 149 Å². The van der Waals surface area contributed by atoms with Gasteiger partial charge in [-0.1, -0.05) is 0 Å². The van der Waals surface area contributed by atoms with Gasteiger partial charge in [-0.05, 0) is 43.9 Å². The van der Waals surface area contributed by atoms with Crippen molar-refractivity contribution in [3.05, 3.63) is 24.4 Å². The number of fused-ring (bicyclic) bond motifs is 1. The van der Waals surface area contributed by atoms with Gasteiger partial charge in [0.2, 0.25) is 0 Å². The van der Waals surface area contributed by atoms with Crippen molar-refractivity contribution in [2.75, 3.05) is 26.3 Å². The van der Waals surface area contributed by atoms with Crippen LogP contribution in [0.4, 0.5) is 13.2 Å². The number of nitrogens with zero attached hydrogens (tertiary/aromatic N) is 3. The molecular formula is C18H22F3N3O2. The van der Waals surface area contributed by atoms with Gasteiger partial charge in [0.05, 0.1) is 24.4 Å². The molecule has 0 aliphatic carbocycles. The first kappa shape index (κ1) is 17.6. The minimum Gasteiger partial charge on any atom is -0.406 e. The number of piperidine rings is 1. The highest BCUT2D eigenvalue weighted by Gasteiger charge is 2.31. The number of rotatable bonds is 3. The van der Waals surface area contributed by atoms with Crippen LogP contribution in [0.2, 0.25) is 0 Å². The molecule has 26 heavy (non-hydrogen) atoms. The van der Waals surface area contributed by atoms with Gasteiger partial charge in [0.15, 0.2) is 0 Å². The molecule has 0 amide bonds. The van der Waals surface area contributed by atoms with Crippen molar-refractivity contribution >= 4 is 10.9 Å². The Kier molecular flexibility index (Phi) is 4.79. The zero-order valence-corrected chi connectivity index (χ0v) is 14.4. The molecule has 2 aliphatic rings. The molecule has 0 saturated carbocycles. The van der Waals surface area contributed by atoms with Gasteiger partial charge in [-0.2, -0.15) is 5.10 Å². The first-order valence-electron chi connectivity index (χ1n) is 9.04. The second-order valence-electron chi connectivity index (χ2n) is 7.00. The summed E-state index contributed by atoms with van der Waals surface area (Å²) in [5.41, 5.74) is 0.846. The van der Waals surface area contributed by atoms with Gasteiger partial charge in [-0.15, -0.1) is 13.2 Å². The summed E-state index contributed by atoms with van der Waals surface area (Å²) in [4.78, 5) is 2.50.